The van der Waals surface area contributed by atoms with Crippen LogP contribution >= 0.6 is 23.4 Å². The van der Waals surface area contributed by atoms with Gasteiger partial charge in [-0.05, 0) is 36.0 Å². The fourth-order valence-electron chi connectivity index (χ4n) is 2.31. The molecule has 10 heteroatoms. The smallest absolute Gasteiger partial charge is 0.331 e. The highest BCUT2D eigenvalue weighted by molar-refractivity contribution is 8.18. The third kappa shape index (κ3) is 5.68. The topological polar surface area (TPSA) is 89.3 Å². The summed E-state index contributed by atoms with van der Waals surface area (Å²) in [4.78, 5) is 23.2. The van der Waals surface area contributed by atoms with E-state index in [1.54, 1.807) is 36.4 Å². The number of thioether (sulfide) groups is 1. The summed E-state index contributed by atoms with van der Waals surface area (Å²) < 4.78 is 24.0. The van der Waals surface area contributed by atoms with Crippen molar-refractivity contribution in [2.24, 2.45) is 10.2 Å². The Bertz CT molecular complexity index is 1070. The Kier molecular flexibility index (Phi) is 7.21. The van der Waals surface area contributed by atoms with Gasteiger partial charge in [-0.15, -0.1) is 5.10 Å². The third-order valence-corrected chi connectivity index (χ3v) is 4.89. The van der Waals surface area contributed by atoms with E-state index in [1.165, 1.54) is 19.4 Å². The van der Waals surface area contributed by atoms with E-state index in [9.17, 15) is 14.0 Å². The maximum atomic E-state index is 13.8. The molecule has 1 amide bonds. The predicted molar refractivity (Wildman–Crippen MR) is 113 cm³/mol. The van der Waals surface area contributed by atoms with E-state index in [1.807, 2.05) is 0 Å². The van der Waals surface area contributed by atoms with Crippen LogP contribution in [-0.4, -0.2) is 30.4 Å². The Morgan fingerprint density at radius 1 is 1.30 bits per heavy atom. The summed E-state index contributed by atoms with van der Waals surface area (Å²) in [6, 6.07) is 11.2. The highest BCUT2D eigenvalue weighted by Gasteiger charge is 2.25. The van der Waals surface area contributed by atoms with Gasteiger partial charge in [0.2, 0.25) is 0 Å². The number of methoxy groups -OCH3 is 1. The second-order valence-corrected chi connectivity index (χ2v) is 7.27. The number of esters is 1. The van der Waals surface area contributed by atoms with E-state index in [2.05, 4.69) is 20.3 Å². The van der Waals surface area contributed by atoms with Gasteiger partial charge >= 0.3 is 5.97 Å². The number of carbonyl (C=O) groups excluding carboxylic acids is 2. The average molecular weight is 448 g/mol. The highest BCUT2D eigenvalue weighted by atomic mass is 35.5. The molecule has 1 fully saturated rings. The molecule has 3 rings (SSSR count). The molecule has 0 aliphatic carbocycles. The zero-order valence-corrected chi connectivity index (χ0v) is 17.2. The number of nitrogens with one attached hydrogen (secondary N) is 1. The first-order valence-electron chi connectivity index (χ1n) is 8.52. The van der Waals surface area contributed by atoms with Gasteiger partial charge in [-0.3, -0.25) is 10.1 Å². The Morgan fingerprint density at radius 3 is 2.87 bits per heavy atom. The molecule has 0 saturated carbocycles. The van der Waals surface area contributed by atoms with Crippen molar-refractivity contribution in [3.8, 4) is 5.75 Å². The lowest BCUT2D eigenvalue weighted by atomic mass is 10.2. The second-order valence-electron chi connectivity index (χ2n) is 5.80. The number of ether oxygens (including phenoxy) is 2. The maximum Gasteiger partial charge on any atom is 0.331 e. The normalized spacial score (nSPS) is 16.3. The third-order valence-electron chi connectivity index (χ3n) is 3.76. The summed E-state index contributed by atoms with van der Waals surface area (Å²) in [6.07, 6.45) is 2.46. The molecule has 1 heterocycles. The molecule has 1 aliphatic rings. The van der Waals surface area contributed by atoms with Gasteiger partial charge in [-0.2, -0.15) is 5.10 Å². The molecule has 154 valence electrons. The van der Waals surface area contributed by atoms with Crippen molar-refractivity contribution in [2.45, 2.75) is 6.61 Å². The van der Waals surface area contributed by atoms with Crippen LogP contribution in [0.25, 0.3) is 0 Å². The maximum absolute atomic E-state index is 13.8. The zero-order valence-electron chi connectivity index (χ0n) is 15.6. The molecule has 30 heavy (non-hydrogen) atoms. The Labute approximate surface area is 180 Å². The summed E-state index contributed by atoms with van der Waals surface area (Å²) in [5.74, 6) is -1.05. The number of carbonyl (C=O) groups is 2. The number of rotatable bonds is 6. The minimum atomic E-state index is -0.645. The number of benzene rings is 2. The summed E-state index contributed by atoms with van der Waals surface area (Å²) in [7, 11) is 1.22. The number of hydrogen-bond donors (Lipinski definition) is 1. The fourth-order valence-corrected chi connectivity index (χ4v) is 3.23. The standard InChI is InChI=1S/C20H15ClFN3O4S/c1-28-18(26)9-17-19(27)24-20(30-17)25-23-10-13-8-14(21)6-7-16(13)29-11-12-4-2-3-5-15(12)22/h2-10H,11H2,1H3,(H,24,25,27)/b17-9+,23-10?. The number of hydrogen-bond acceptors (Lipinski definition) is 7. The van der Waals surface area contributed by atoms with Crippen LogP contribution in [0, 0.1) is 5.82 Å². The molecule has 0 atom stereocenters. The molecular weight excluding hydrogens is 433 g/mol. The van der Waals surface area contributed by atoms with Gasteiger partial charge in [0.05, 0.1) is 18.2 Å². The van der Waals surface area contributed by atoms with Crippen LogP contribution < -0.4 is 10.1 Å². The first-order chi connectivity index (χ1) is 14.5. The Morgan fingerprint density at radius 2 is 2.10 bits per heavy atom. The van der Waals surface area contributed by atoms with Crippen LogP contribution in [0.2, 0.25) is 5.02 Å². The van der Waals surface area contributed by atoms with E-state index < -0.39 is 11.9 Å². The van der Waals surface area contributed by atoms with E-state index in [4.69, 9.17) is 16.3 Å². The molecule has 2 aromatic carbocycles. The van der Waals surface area contributed by atoms with E-state index in [0.29, 0.717) is 21.9 Å². The van der Waals surface area contributed by atoms with Crippen molar-refractivity contribution >= 4 is 46.6 Å². The molecule has 0 bridgehead atoms. The van der Waals surface area contributed by atoms with E-state index >= 15 is 0 Å². The lowest BCUT2D eigenvalue weighted by Crippen LogP contribution is -2.19. The molecule has 1 N–H and O–H groups in total. The lowest BCUT2D eigenvalue weighted by molar-refractivity contribution is -0.135. The average Bonchev–Trinajstić information content (AvgIpc) is 3.07. The molecule has 0 aromatic heterocycles. The van der Waals surface area contributed by atoms with Crippen molar-refractivity contribution in [2.75, 3.05) is 7.11 Å². The molecule has 0 spiro atoms. The van der Waals surface area contributed by atoms with Gasteiger partial charge in [0.25, 0.3) is 5.91 Å². The van der Waals surface area contributed by atoms with Crippen molar-refractivity contribution in [3.05, 3.63) is 75.4 Å². The first-order valence-corrected chi connectivity index (χ1v) is 9.71. The number of halogens is 2. The fraction of sp³-hybridized carbons (Fsp3) is 0.100. The number of nitrogens with zero attached hydrogens (tertiary/aromatic N) is 2. The van der Waals surface area contributed by atoms with Crippen molar-refractivity contribution < 1.29 is 23.5 Å². The molecule has 2 aromatic rings. The van der Waals surface area contributed by atoms with Crippen molar-refractivity contribution in [3.63, 3.8) is 0 Å². The number of amidine groups is 1. The predicted octanol–water partition coefficient (Wildman–Crippen LogP) is 3.67. The van der Waals surface area contributed by atoms with Crippen LogP contribution in [0.15, 0.2) is 63.6 Å². The van der Waals surface area contributed by atoms with Gasteiger partial charge in [0.1, 0.15) is 18.2 Å². The summed E-state index contributed by atoms with van der Waals surface area (Å²) in [6.45, 7) is 0.0251. The van der Waals surface area contributed by atoms with Crippen LogP contribution in [0.3, 0.4) is 0 Å². The van der Waals surface area contributed by atoms with Crippen LogP contribution in [0.1, 0.15) is 11.1 Å². The summed E-state index contributed by atoms with van der Waals surface area (Å²) in [5.41, 5.74) is 0.924. The molecule has 7 nitrogen and oxygen atoms in total. The molecule has 1 aliphatic heterocycles. The van der Waals surface area contributed by atoms with Gasteiger partial charge in [0.15, 0.2) is 5.17 Å². The largest absolute Gasteiger partial charge is 0.488 e. The molecule has 0 unspecified atom stereocenters. The van der Waals surface area contributed by atoms with Gasteiger partial charge in [-0.25, -0.2) is 9.18 Å². The molecule has 1 saturated heterocycles. The SMILES string of the molecule is COC(=O)/C=C1/S/C(=N\N=Cc2cc(Cl)ccc2OCc2ccccc2F)NC1=O. The molecular formula is C20H15ClFN3O4S. The first kappa shape index (κ1) is 21.5. The highest BCUT2D eigenvalue weighted by Crippen LogP contribution is 2.25. The number of amides is 1. The van der Waals surface area contributed by atoms with Gasteiger partial charge < -0.3 is 9.47 Å². The van der Waals surface area contributed by atoms with Gasteiger partial charge in [0, 0.05) is 22.2 Å². The van der Waals surface area contributed by atoms with Crippen LogP contribution in [0.4, 0.5) is 4.39 Å². The van der Waals surface area contributed by atoms with E-state index in [0.717, 1.165) is 17.8 Å². The summed E-state index contributed by atoms with van der Waals surface area (Å²) >= 11 is 6.99. The van der Waals surface area contributed by atoms with Crippen LogP contribution in [0.5, 0.6) is 5.75 Å². The lowest BCUT2D eigenvalue weighted by Gasteiger charge is -2.10. The quantitative estimate of drug-likeness (QED) is 0.316. The Balaban J connectivity index is 1.72. The van der Waals surface area contributed by atoms with Gasteiger partial charge in [-0.1, -0.05) is 29.8 Å². The minimum Gasteiger partial charge on any atom is -0.488 e. The molecule has 0 radical (unpaired) electrons. The van der Waals surface area contributed by atoms with Crippen molar-refractivity contribution in [1.29, 1.82) is 0 Å². The van der Waals surface area contributed by atoms with Crippen LogP contribution in [-0.2, 0) is 20.9 Å². The van der Waals surface area contributed by atoms with Crippen molar-refractivity contribution in [1.82, 2.24) is 5.32 Å². The monoisotopic (exact) mass is 447 g/mol. The Hall–Kier alpha value is -3.17. The summed E-state index contributed by atoms with van der Waals surface area (Å²) in [5, 5.41) is 11.0. The second kappa shape index (κ2) is 10.0. The zero-order chi connectivity index (χ0) is 21.5. The van der Waals surface area contributed by atoms with E-state index in [-0.39, 0.29) is 22.5 Å². The minimum absolute atomic E-state index is 0.0251.